The third kappa shape index (κ3) is 3.94. The molecule has 0 aromatic carbocycles. The fourth-order valence-electron chi connectivity index (χ4n) is 2.92. The van der Waals surface area contributed by atoms with Crippen molar-refractivity contribution in [3.8, 4) is 17.7 Å². The number of piperidine rings is 1. The number of pyridine rings is 2. The molecular formula is C18H19ClN4O2. The van der Waals surface area contributed by atoms with Crippen molar-refractivity contribution < 1.29 is 9.47 Å². The van der Waals surface area contributed by atoms with Crippen LogP contribution in [0.15, 0.2) is 24.4 Å². The van der Waals surface area contributed by atoms with E-state index in [1.54, 1.807) is 25.4 Å². The van der Waals surface area contributed by atoms with E-state index >= 15 is 0 Å². The summed E-state index contributed by atoms with van der Waals surface area (Å²) >= 11 is 6.08. The van der Waals surface area contributed by atoms with E-state index in [4.69, 9.17) is 26.3 Å². The summed E-state index contributed by atoms with van der Waals surface area (Å²) in [6, 6.07) is 7.50. The number of nitrogens with zero attached hydrogens (tertiary/aromatic N) is 4. The molecule has 0 saturated carbocycles. The molecule has 0 N–H and O–H groups in total. The summed E-state index contributed by atoms with van der Waals surface area (Å²) in [7, 11) is 1.59. The van der Waals surface area contributed by atoms with Crippen LogP contribution < -0.4 is 14.4 Å². The average Bonchev–Trinajstić information content (AvgIpc) is 2.64. The van der Waals surface area contributed by atoms with Gasteiger partial charge in [-0.3, -0.25) is 0 Å². The average molecular weight is 359 g/mol. The van der Waals surface area contributed by atoms with Gasteiger partial charge in [-0.25, -0.2) is 9.97 Å². The fraction of sp³-hybridized carbons (Fsp3) is 0.389. The number of methoxy groups -OCH3 is 1. The van der Waals surface area contributed by atoms with E-state index in [1.807, 2.05) is 13.0 Å². The molecule has 3 heterocycles. The quantitative estimate of drug-likeness (QED) is 0.780. The molecule has 6 nitrogen and oxygen atoms in total. The Balaban J connectivity index is 1.62. The number of nitriles is 1. The Morgan fingerprint density at radius 3 is 2.68 bits per heavy atom. The van der Waals surface area contributed by atoms with Crippen molar-refractivity contribution in [3.05, 3.63) is 40.7 Å². The predicted octanol–water partition coefficient (Wildman–Crippen LogP) is 3.37. The van der Waals surface area contributed by atoms with Crippen molar-refractivity contribution >= 4 is 17.4 Å². The minimum atomic E-state index is 0.139. The molecule has 0 amide bonds. The first-order chi connectivity index (χ1) is 12.1. The van der Waals surface area contributed by atoms with Gasteiger partial charge in [0.05, 0.1) is 18.9 Å². The molecule has 0 unspecified atom stereocenters. The van der Waals surface area contributed by atoms with Gasteiger partial charge >= 0.3 is 0 Å². The van der Waals surface area contributed by atoms with Crippen molar-refractivity contribution in [2.75, 3.05) is 25.1 Å². The Labute approximate surface area is 152 Å². The summed E-state index contributed by atoms with van der Waals surface area (Å²) < 4.78 is 11.0. The van der Waals surface area contributed by atoms with Crippen LogP contribution in [0.5, 0.6) is 11.6 Å². The molecule has 0 aliphatic carbocycles. The van der Waals surface area contributed by atoms with E-state index in [2.05, 4.69) is 20.9 Å². The first kappa shape index (κ1) is 17.3. The largest absolute Gasteiger partial charge is 0.489 e. The number of hydrogen-bond donors (Lipinski definition) is 0. The Morgan fingerprint density at radius 2 is 2.08 bits per heavy atom. The number of anilines is 1. The lowest BCUT2D eigenvalue weighted by molar-refractivity contribution is 0.170. The van der Waals surface area contributed by atoms with Gasteiger partial charge in [0.15, 0.2) is 0 Å². The highest BCUT2D eigenvalue weighted by molar-refractivity contribution is 6.30. The normalized spacial score (nSPS) is 14.9. The highest BCUT2D eigenvalue weighted by Crippen LogP contribution is 2.27. The highest BCUT2D eigenvalue weighted by atomic mass is 35.5. The van der Waals surface area contributed by atoms with Crippen molar-refractivity contribution in [2.45, 2.75) is 25.9 Å². The van der Waals surface area contributed by atoms with Gasteiger partial charge in [0.2, 0.25) is 5.88 Å². The molecule has 1 fully saturated rings. The molecule has 1 aliphatic heterocycles. The Kier molecular flexibility index (Phi) is 5.25. The Morgan fingerprint density at radius 1 is 1.32 bits per heavy atom. The van der Waals surface area contributed by atoms with Gasteiger partial charge in [0.1, 0.15) is 28.9 Å². The fourth-order valence-corrected chi connectivity index (χ4v) is 3.09. The van der Waals surface area contributed by atoms with Gasteiger partial charge in [-0.2, -0.15) is 5.26 Å². The van der Waals surface area contributed by atoms with Crippen molar-refractivity contribution in [3.63, 3.8) is 0 Å². The zero-order valence-electron chi connectivity index (χ0n) is 14.2. The Hall–Kier alpha value is -2.52. The van der Waals surface area contributed by atoms with Gasteiger partial charge in [0.25, 0.3) is 0 Å². The van der Waals surface area contributed by atoms with Gasteiger partial charge in [-0.15, -0.1) is 0 Å². The van der Waals surface area contributed by atoms with Gasteiger partial charge in [-0.1, -0.05) is 11.6 Å². The number of rotatable bonds is 4. The molecule has 7 heteroatoms. The zero-order valence-corrected chi connectivity index (χ0v) is 15.0. The monoisotopic (exact) mass is 358 g/mol. The number of halogens is 1. The van der Waals surface area contributed by atoms with Crippen LogP contribution in [0, 0.1) is 18.3 Å². The molecule has 130 valence electrons. The van der Waals surface area contributed by atoms with Crippen LogP contribution in [0.25, 0.3) is 0 Å². The van der Waals surface area contributed by atoms with Crippen LogP contribution in [-0.2, 0) is 0 Å². The van der Waals surface area contributed by atoms with Crippen LogP contribution in [0.3, 0.4) is 0 Å². The maximum Gasteiger partial charge on any atom is 0.213 e. The summed E-state index contributed by atoms with van der Waals surface area (Å²) in [5, 5.41) is 9.29. The highest BCUT2D eigenvalue weighted by Gasteiger charge is 2.23. The third-order valence-electron chi connectivity index (χ3n) is 4.22. The van der Waals surface area contributed by atoms with E-state index < -0.39 is 0 Å². The first-order valence-electron chi connectivity index (χ1n) is 8.09. The summed E-state index contributed by atoms with van der Waals surface area (Å²) in [6.07, 6.45) is 3.58. The van der Waals surface area contributed by atoms with Gasteiger partial charge < -0.3 is 14.4 Å². The molecule has 1 aliphatic rings. The molecule has 3 rings (SSSR count). The van der Waals surface area contributed by atoms with Crippen molar-refractivity contribution in [2.24, 2.45) is 0 Å². The zero-order chi connectivity index (χ0) is 17.8. The lowest BCUT2D eigenvalue weighted by Crippen LogP contribution is -2.39. The second kappa shape index (κ2) is 7.58. The smallest absolute Gasteiger partial charge is 0.213 e. The molecule has 0 atom stereocenters. The summed E-state index contributed by atoms with van der Waals surface area (Å²) in [5.41, 5.74) is 1.37. The number of hydrogen-bond acceptors (Lipinski definition) is 6. The van der Waals surface area contributed by atoms with Crippen molar-refractivity contribution in [1.29, 1.82) is 5.26 Å². The van der Waals surface area contributed by atoms with Crippen LogP contribution in [0.2, 0.25) is 5.15 Å². The lowest BCUT2D eigenvalue weighted by atomic mass is 10.1. The minimum absolute atomic E-state index is 0.139. The van der Waals surface area contributed by atoms with Crippen LogP contribution in [0.1, 0.15) is 24.0 Å². The van der Waals surface area contributed by atoms with Gasteiger partial charge in [-0.05, 0) is 24.6 Å². The van der Waals surface area contributed by atoms with Crippen LogP contribution >= 0.6 is 11.6 Å². The number of aromatic nitrogens is 2. The molecule has 25 heavy (non-hydrogen) atoms. The molecule has 0 spiro atoms. The number of aryl methyl sites for hydroxylation is 1. The van der Waals surface area contributed by atoms with E-state index in [0.717, 1.165) is 43.1 Å². The molecular weight excluding hydrogens is 340 g/mol. The molecule has 0 bridgehead atoms. The van der Waals surface area contributed by atoms with Crippen LogP contribution in [-0.4, -0.2) is 36.3 Å². The summed E-state index contributed by atoms with van der Waals surface area (Å²) in [4.78, 5) is 10.7. The second-order valence-corrected chi connectivity index (χ2v) is 6.28. The van der Waals surface area contributed by atoms with E-state index in [9.17, 15) is 0 Å². The lowest BCUT2D eigenvalue weighted by Gasteiger charge is -2.33. The topological polar surface area (TPSA) is 71.3 Å². The van der Waals surface area contributed by atoms with E-state index in [1.165, 1.54) is 0 Å². The first-order valence-corrected chi connectivity index (χ1v) is 8.47. The third-order valence-corrected chi connectivity index (χ3v) is 4.51. The molecule has 1 saturated heterocycles. The van der Waals surface area contributed by atoms with E-state index in [0.29, 0.717) is 11.4 Å². The SMILES string of the molecule is COc1ccc(OC2CCN(c3nc(Cl)c(C#N)cc3C)CC2)cn1. The maximum atomic E-state index is 9.03. The maximum absolute atomic E-state index is 9.03. The van der Waals surface area contributed by atoms with Crippen LogP contribution in [0.4, 0.5) is 5.82 Å². The van der Waals surface area contributed by atoms with Gasteiger partial charge in [0, 0.05) is 32.0 Å². The van der Waals surface area contributed by atoms with Crippen molar-refractivity contribution in [1.82, 2.24) is 9.97 Å². The summed E-state index contributed by atoms with van der Waals surface area (Å²) in [6.45, 7) is 3.60. The number of ether oxygens (including phenoxy) is 2. The minimum Gasteiger partial charge on any atom is -0.489 e. The summed E-state index contributed by atoms with van der Waals surface area (Å²) in [5.74, 6) is 2.16. The predicted molar refractivity (Wildman–Crippen MR) is 95.4 cm³/mol. The standard InChI is InChI=1S/C18H19ClN4O2/c1-12-9-13(10-20)17(19)22-18(12)23-7-5-14(6-8-23)25-15-3-4-16(24-2)21-11-15/h3-4,9,11,14H,5-8H2,1-2H3. The molecule has 2 aromatic heterocycles. The molecule has 0 radical (unpaired) electrons. The second-order valence-electron chi connectivity index (χ2n) is 5.92. The molecule has 2 aromatic rings. The Bertz CT molecular complexity index is 781. The van der Waals surface area contributed by atoms with E-state index in [-0.39, 0.29) is 11.3 Å².